The molecule has 1 unspecified atom stereocenters. The molecule has 0 spiro atoms. The second kappa shape index (κ2) is 6.98. The number of aromatic nitrogens is 2. The molecule has 0 saturated heterocycles. The molecule has 3 rings (SSSR count). The number of hydrogen-bond acceptors (Lipinski definition) is 3. The molecular formula is C18H15BrClN3O2. The second-order valence-corrected chi connectivity index (χ2v) is 7.05. The Morgan fingerprint density at radius 1 is 1.28 bits per heavy atom. The van der Waals surface area contributed by atoms with E-state index < -0.39 is 6.04 Å². The van der Waals surface area contributed by atoms with Gasteiger partial charge in [0.25, 0.3) is 11.5 Å². The van der Waals surface area contributed by atoms with Gasteiger partial charge in [0.2, 0.25) is 0 Å². The molecule has 0 aliphatic heterocycles. The van der Waals surface area contributed by atoms with Crippen molar-refractivity contribution in [3.63, 3.8) is 0 Å². The van der Waals surface area contributed by atoms with Crippen LogP contribution in [0.3, 0.4) is 0 Å². The SMILES string of the molecule is CC(NC(=O)c1cccc(Br)c1)c1nc2cc(Cl)ccc2c(=O)n1C. The quantitative estimate of drug-likeness (QED) is 0.700. The van der Waals surface area contributed by atoms with Gasteiger partial charge in [-0.1, -0.05) is 33.6 Å². The van der Waals surface area contributed by atoms with E-state index in [1.807, 2.05) is 6.07 Å². The van der Waals surface area contributed by atoms with Crippen LogP contribution in [0, 0.1) is 0 Å². The molecular weight excluding hydrogens is 406 g/mol. The van der Waals surface area contributed by atoms with Gasteiger partial charge in [0, 0.05) is 22.1 Å². The van der Waals surface area contributed by atoms with Gasteiger partial charge in [-0.2, -0.15) is 0 Å². The number of benzene rings is 2. The first-order valence-electron chi connectivity index (χ1n) is 7.59. The zero-order chi connectivity index (χ0) is 18.1. The zero-order valence-corrected chi connectivity index (χ0v) is 15.9. The summed E-state index contributed by atoms with van der Waals surface area (Å²) < 4.78 is 2.26. The Morgan fingerprint density at radius 2 is 2.04 bits per heavy atom. The maximum atomic E-state index is 12.5. The van der Waals surface area contributed by atoms with Crippen molar-refractivity contribution >= 4 is 44.3 Å². The van der Waals surface area contributed by atoms with Crippen molar-refractivity contribution in [3.05, 3.63) is 73.7 Å². The Hall–Kier alpha value is -2.18. The highest BCUT2D eigenvalue weighted by Gasteiger charge is 2.17. The molecule has 0 fully saturated rings. The average Bonchev–Trinajstić information content (AvgIpc) is 2.57. The highest BCUT2D eigenvalue weighted by Crippen LogP contribution is 2.18. The Morgan fingerprint density at radius 3 is 2.76 bits per heavy atom. The zero-order valence-electron chi connectivity index (χ0n) is 13.6. The molecule has 1 atom stereocenters. The van der Waals surface area contributed by atoms with Crippen LogP contribution in [-0.4, -0.2) is 15.5 Å². The average molecular weight is 421 g/mol. The van der Waals surface area contributed by atoms with Crippen molar-refractivity contribution in [2.45, 2.75) is 13.0 Å². The standard InChI is InChI=1S/C18H15BrClN3O2/c1-10(21-17(24)11-4-3-5-12(19)8-11)16-22-15-9-13(20)6-7-14(15)18(25)23(16)2/h3-10H,1-2H3,(H,21,24). The van der Waals surface area contributed by atoms with E-state index in [0.717, 1.165) is 4.47 Å². The number of nitrogens with zero attached hydrogens (tertiary/aromatic N) is 2. The van der Waals surface area contributed by atoms with Crippen molar-refractivity contribution in [2.75, 3.05) is 0 Å². The molecule has 5 nitrogen and oxygen atoms in total. The summed E-state index contributed by atoms with van der Waals surface area (Å²) in [6.07, 6.45) is 0. The fourth-order valence-electron chi connectivity index (χ4n) is 2.62. The molecule has 1 aromatic heterocycles. The van der Waals surface area contributed by atoms with Crippen molar-refractivity contribution in [1.82, 2.24) is 14.9 Å². The van der Waals surface area contributed by atoms with Crippen LogP contribution in [0.25, 0.3) is 10.9 Å². The van der Waals surface area contributed by atoms with Gasteiger partial charge in [0.05, 0.1) is 16.9 Å². The monoisotopic (exact) mass is 419 g/mol. The lowest BCUT2D eigenvalue weighted by Gasteiger charge is -2.17. The predicted molar refractivity (Wildman–Crippen MR) is 102 cm³/mol. The summed E-state index contributed by atoms with van der Waals surface area (Å²) in [4.78, 5) is 29.5. The number of nitrogens with one attached hydrogen (secondary N) is 1. The van der Waals surface area contributed by atoms with E-state index in [2.05, 4.69) is 26.2 Å². The third-order valence-electron chi connectivity index (χ3n) is 3.90. The van der Waals surface area contributed by atoms with Gasteiger partial charge in [0.1, 0.15) is 5.82 Å². The molecule has 2 aromatic carbocycles. The summed E-state index contributed by atoms with van der Waals surface area (Å²) in [5.41, 5.74) is 0.851. The highest BCUT2D eigenvalue weighted by molar-refractivity contribution is 9.10. The number of carbonyl (C=O) groups excluding carboxylic acids is 1. The fourth-order valence-corrected chi connectivity index (χ4v) is 3.19. The van der Waals surface area contributed by atoms with E-state index >= 15 is 0 Å². The number of carbonyl (C=O) groups is 1. The van der Waals surface area contributed by atoms with E-state index in [4.69, 9.17) is 11.6 Å². The van der Waals surface area contributed by atoms with Gasteiger partial charge in [-0.3, -0.25) is 14.2 Å². The lowest BCUT2D eigenvalue weighted by Crippen LogP contribution is -2.32. The van der Waals surface area contributed by atoms with Crippen LogP contribution in [-0.2, 0) is 7.05 Å². The van der Waals surface area contributed by atoms with Gasteiger partial charge in [-0.25, -0.2) is 4.98 Å². The predicted octanol–water partition coefficient (Wildman–Crippen LogP) is 3.84. The molecule has 1 amide bonds. The minimum atomic E-state index is -0.451. The first kappa shape index (κ1) is 17.6. The topological polar surface area (TPSA) is 64.0 Å². The minimum Gasteiger partial charge on any atom is -0.342 e. The van der Waals surface area contributed by atoms with E-state index in [1.165, 1.54) is 4.57 Å². The second-order valence-electron chi connectivity index (χ2n) is 5.70. The first-order valence-corrected chi connectivity index (χ1v) is 8.76. The van der Waals surface area contributed by atoms with Crippen LogP contribution >= 0.6 is 27.5 Å². The maximum absolute atomic E-state index is 12.5. The Labute approximate surface area is 157 Å². The summed E-state index contributed by atoms with van der Waals surface area (Å²) in [6.45, 7) is 1.79. The Bertz CT molecular complexity index is 1030. The van der Waals surface area contributed by atoms with Crippen molar-refractivity contribution in [2.24, 2.45) is 7.05 Å². The summed E-state index contributed by atoms with van der Waals surface area (Å²) in [7, 11) is 1.64. The van der Waals surface area contributed by atoms with Gasteiger partial charge in [-0.15, -0.1) is 0 Å². The van der Waals surface area contributed by atoms with E-state index in [1.54, 1.807) is 50.4 Å². The largest absolute Gasteiger partial charge is 0.342 e. The molecule has 0 radical (unpaired) electrons. The molecule has 25 heavy (non-hydrogen) atoms. The molecule has 0 saturated carbocycles. The fraction of sp³-hybridized carbons (Fsp3) is 0.167. The first-order chi connectivity index (χ1) is 11.9. The third kappa shape index (κ3) is 3.60. The van der Waals surface area contributed by atoms with Crippen LogP contribution in [0.2, 0.25) is 5.02 Å². The number of fused-ring (bicyclic) bond motifs is 1. The van der Waals surface area contributed by atoms with E-state index in [9.17, 15) is 9.59 Å². The lowest BCUT2D eigenvalue weighted by molar-refractivity contribution is 0.0937. The van der Waals surface area contributed by atoms with Crippen molar-refractivity contribution in [1.29, 1.82) is 0 Å². The van der Waals surface area contributed by atoms with Crippen molar-refractivity contribution < 1.29 is 4.79 Å². The molecule has 1 N–H and O–H groups in total. The lowest BCUT2D eigenvalue weighted by atomic mass is 10.2. The highest BCUT2D eigenvalue weighted by atomic mass is 79.9. The van der Waals surface area contributed by atoms with Gasteiger partial charge in [0.15, 0.2) is 0 Å². The summed E-state index contributed by atoms with van der Waals surface area (Å²) >= 11 is 9.35. The number of rotatable bonds is 3. The maximum Gasteiger partial charge on any atom is 0.261 e. The number of halogens is 2. The molecule has 0 aliphatic rings. The van der Waals surface area contributed by atoms with Gasteiger partial charge >= 0.3 is 0 Å². The number of hydrogen-bond donors (Lipinski definition) is 1. The van der Waals surface area contributed by atoms with Crippen molar-refractivity contribution in [3.8, 4) is 0 Å². The van der Waals surface area contributed by atoms with Crippen LogP contribution in [0.5, 0.6) is 0 Å². The minimum absolute atomic E-state index is 0.180. The number of amides is 1. The smallest absolute Gasteiger partial charge is 0.261 e. The molecule has 7 heteroatoms. The Balaban J connectivity index is 1.96. The summed E-state index contributed by atoms with van der Waals surface area (Å²) in [5, 5.41) is 3.86. The van der Waals surface area contributed by atoms with Gasteiger partial charge in [-0.05, 0) is 43.3 Å². The third-order valence-corrected chi connectivity index (χ3v) is 4.62. The van der Waals surface area contributed by atoms with Crippen LogP contribution < -0.4 is 10.9 Å². The molecule has 128 valence electrons. The normalized spacial score (nSPS) is 12.2. The summed E-state index contributed by atoms with van der Waals surface area (Å²) in [6, 6.07) is 11.6. The molecule has 3 aromatic rings. The molecule has 0 bridgehead atoms. The Kier molecular flexibility index (Phi) is 4.92. The van der Waals surface area contributed by atoms with E-state index in [0.29, 0.717) is 27.3 Å². The summed E-state index contributed by atoms with van der Waals surface area (Å²) in [5.74, 6) is 0.220. The van der Waals surface area contributed by atoms with Crippen LogP contribution in [0.4, 0.5) is 0 Å². The molecule has 1 heterocycles. The van der Waals surface area contributed by atoms with Gasteiger partial charge < -0.3 is 5.32 Å². The van der Waals surface area contributed by atoms with Crippen LogP contribution in [0.1, 0.15) is 29.1 Å². The van der Waals surface area contributed by atoms with E-state index in [-0.39, 0.29) is 11.5 Å². The molecule has 0 aliphatic carbocycles. The van der Waals surface area contributed by atoms with Crippen LogP contribution in [0.15, 0.2) is 51.7 Å².